The molecule has 1 unspecified atom stereocenters. The van der Waals surface area contributed by atoms with Gasteiger partial charge in [0.1, 0.15) is 5.82 Å². The molecule has 1 amide bonds. The Kier molecular flexibility index (Phi) is 5.04. The Morgan fingerprint density at radius 3 is 2.72 bits per heavy atom. The van der Waals surface area contributed by atoms with Crippen molar-refractivity contribution in [2.45, 2.75) is 19.4 Å². The summed E-state index contributed by atoms with van der Waals surface area (Å²) in [4.78, 5) is 14.0. The predicted molar refractivity (Wildman–Crippen MR) is 74.4 cm³/mol. The predicted octanol–water partition coefficient (Wildman–Crippen LogP) is 2.62. The molecule has 6 heteroatoms. The van der Waals surface area contributed by atoms with Crippen LogP contribution < -0.4 is 5.73 Å². The lowest BCUT2D eigenvalue weighted by atomic mass is 10.1. The minimum Gasteiger partial charge on any atom is -0.393 e. The molecule has 0 saturated heterocycles. The van der Waals surface area contributed by atoms with Crippen LogP contribution in [-0.4, -0.2) is 28.9 Å². The van der Waals surface area contributed by atoms with Crippen LogP contribution in [0.25, 0.3) is 0 Å². The van der Waals surface area contributed by atoms with Crippen molar-refractivity contribution >= 4 is 34.7 Å². The summed E-state index contributed by atoms with van der Waals surface area (Å²) in [5.74, 6) is -0.765. The first-order valence-corrected chi connectivity index (χ1v) is 6.12. The zero-order valence-corrected chi connectivity index (χ0v) is 11.7. The monoisotopic (exact) mass is 288 g/mol. The summed E-state index contributed by atoms with van der Waals surface area (Å²) >= 11 is 10.6. The Morgan fingerprint density at radius 2 is 2.22 bits per heavy atom. The van der Waals surface area contributed by atoms with Crippen molar-refractivity contribution in [1.29, 1.82) is 0 Å². The third-order valence-electron chi connectivity index (χ3n) is 2.64. The van der Waals surface area contributed by atoms with Gasteiger partial charge in [-0.2, -0.15) is 0 Å². The maximum atomic E-state index is 12.9. The molecule has 0 radical (unpaired) electrons. The molecule has 0 aliphatic rings. The Labute approximate surface area is 116 Å². The summed E-state index contributed by atoms with van der Waals surface area (Å²) < 4.78 is 12.9. The summed E-state index contributed by atoms with van der Waals surface area (Å²) in [6.45, 7) is 1.83. The van der Waals surface area contributed by atoms with Crippen molar-refractivity contribution in [3.05, 3.63) is 34.6 Å². The standard InChI is InChI=1S/C12H14ClFN2OS/c1-7(5-11(15)18)16(2)12(17)9-4-3-8(14)6-10(9)13/h3-4,6-7H,5H2,1-2H3,(H2,15,18). The number of carbonyl (C=O) groups excluding carboxylic acids is 1. The molecule has 1 aromatic rings. The summed E-state index contributed by atoms with van der Waals surface area (Å²) in [6, 6.07) is 3.53. The molecule has 0 spiro atoms. The van der Waals surface area contributed by atoms with Gasteiger partial charge in [0.05, 0.1) is 15.6 Å². The number of halogens is 2. The quantitative estimate of drug-likeness (QED) is 0.867. The van der Waals surface area contributed by atoms with E-state index in [4.69, 9.17) is 29.6 Å². The van der Waals surface area contributed by atoms with E-state index in [0.29, 0.717) is 11.4 Å². The molecule has 2 N–H and O–H groups in total. The highest BCUT2D eigenvalue weighted by atomic mass is 35.5. The number of benzene rings is 1. The van der Waals surface area contributed by atoms with Crippen LogP contribution >= 0.6 is 23.8 Å². The minimum atomic E-state index is -0.476. The Morgan fingerprint density at radius 1 is 1.61 bits per heavy atom. The largest absolute Gasteiger partial charge is 0.393 e. The van der Waals surface area contributed by atoms with Gasteiger partial charge in [0.2, 0.25) is 0 Å². The fraction of sp³-hybridized carbons (Fsp3) is 0.333. The van der Waals surface area contributed by atoms with Gasteiger partial charge in [0.25, 0.3) is 5.91 Å². The first kappa shape index (κ1) is 14.9. The smallest absolute Gasteiger partial charge is 0.255 e. The number of hydrogen-bond acceptors (Lipinski definition) is 2. The SMILES string of the molecule is CC(CC(N)=S)N(C)C(=O)c1ccc(F)cc1Cl. The van der Waals surface area contributed by atoms with E-state index < -0.39 is 5.82 Å². The van der Waals surface area contributed by atoms with Crippen molar-refractivity contribution in [3.63, 3.8) is 0 Å². The van der Waals surface area contributed by atoms with Crippen LogP contribution in [0, 0.1) is 5.82 Å². The van der Waals surface area contributed by atoms with Crippen LogP contribution in [0.15, 0.2) is 18.2 Å². The molecule has 0 heterocycles. The van der Waals surface area contributed by atoms with E-state index in [1.54, 1.807) is 7.05 Å². The van der Waals surface area contributed by atoms with E-state index in [1.165, 1.54) is 17.0 Å². The number of nitrogens with two attached hydrogens (primary N) is 1. The lowest BCUT2D eigenvalue weighted by Gasteiger charge is -2.25. The van der Waals surface area contributed by atoms with Gasteiger partial charge in [-0.3, -0.25) is 4.79 Å². The summed E-state index contributed by atoms with van der Waals surface area (Å²) in [7, 11) is 1.63. The number of nitrogens with zero attached hydrogens (tertiary/aromatic N) is 1. The zero-order valence-electron chi connectivity index (χ0n) is 10.1. The number of carbonyl (C=O) groups is 1. The van der Waals surface area contributed by atoms with Crippen LogP contribution in [0.1, 0.15) is 23.7 Å². The van der Waals surface area contributed by atoms with E-state index >= 15 is 0 Å². The maximum absolute atomic E-state index is 12.9. The summed E-state index contributed by atoms with van der Waals surface area (Å²) in [5, 5.41) is 0.0920. The van der Waals surface area contributed by atoms with Crippen LogP contribution in [0.2, 0.25) is 5.02 Å². The molecule has 0 fully saturated rings. The van der Waals surface area contributed by atoms with Crippen LogP contribution in [-0.2, 0) is 0 Å². The minimum absolute atomic E-state index is 0.0920. The van der Waals surface area contributed by atoms with E-state index in [9.17, 15) is 9.18 Å². The highest BCUT2D eigenvalue weighted by molar-refractivity contribution is 7.80. The summed E-state index contributed by atoms with van der Waals surface area (Å²) in [6.07, 6.45) is 0.427. The molecule has 18 heavy (non-hydrogen) atoms. The van der Waals surface area contributed by atoms with E-state index in [1.807, 2.05) is 6.92 Å². The van der Waals surface area contributed by atoms with Gasteiger partial charge < -0.3 is 10.6 Å². The second-order valence-corrected chi connectivity index (χ2v) is 4.99. The average molecular weight is 289 g/mol. The second kappa shape index (κ2) is 6.11. The van der Waals surface area contributed by atoms with E-state index in [-0.39, 0.29) is 22.5 Å². The molecule has 0 saturated carbocycles. The fourth-order valence-corrected chi connectivity index (χ4v) is 1.97. The average Bonchev–Trinajstić information content (AvgIpc) is 2.26. The van der Waals surface area contributed by atoms with Crippen molar-refractivity contribution < 1.29 is 9.18 Å². The molecule has 1 atom stereocenters. The van der Waals surface area contributed by atoms with Gasteiger partial charge in [0.15, 0.2) is 0 Å². The van der Waals surface area contributed by atoms with Crippen molar-refractivity contribution in [1.82, 2.24) is 4.90 Å². The lowest BCUT2D eigenvalue weighted by Crippen LogP contribution is -2.37. The molecule has 0 aliphatic carbocycles. The fourth-order valence-electron chi connectivity index (χ4n) is 1.48. The van der Waals surface area contributed by atoms with Gasteiger partial charge >= 0.3 is 0 Å². The normalized spacial score (nSPS) is 12.0. The molecule has 98 valence electrons. The van der Waals surface area contributed by atoms with Gasteiger partial charge in [-0.15, -0.1) is 0 Å². The number of amides is 1. The second-order valence-electron chi connectivity index (χ2n) is 4.06. The first-order chi connectivity index (χ1) is 8.32. The lowest BCUT2D eigenvalue weighted by molar-refractivity contribution is 0.0748. The van der Waals surface area contributed by atoms with E-state index in [0.717, 1.165) is 6.07 Å². The highest BCUT2D eigenvalue weighted by Crippen LogP contribution is 2.19. The van der Waals surface area contributed by atoms with Gasteiger partial charge in [-0.05, 0) is 25.1 Å². The molecule has 0 bridgehead atoms. The number of hydrogen-bond donors (Lipinski definition) is 1. The maximum Gasteiger partial charge on any atom is 0.255 e. The molecule has 1 aromatic carbocycles. The van der Waals surface area contributed by atoms with Crippen LogP contribution in [0.4, 0.5) is 4.39 Å². The molecule has 3 nitrogen and oxygen atoms in total. The van der Waals surface area contributed by atoms with Gasteiger partial charge in [-0.25, -0.2) is 4.39 Å². The Bertz CT molecular complexity index is 481. The molecule has 0 aromatic heterocycles. The van der Waals surface area contributed by atoms with Crippen LogP contribution in [0.3, 0.4) is 0 Å². The van der Waals surface area contributed by atoms with Crippen LogP contribution in [0.5, 0.6) is 0 Å². The third kappa shape index (κ3) is 3.65. The van der Waals surface area contributed by atoms with Gasteiger partial charge in [-0.1, -0.05) is 23.8 Å². The van der Waals surface area contributed by atoms with Crippen molar-refractivity contribution in [2.75, 3.05) is 7.05 Å². The first-order valence-electron chi connectivity index (χ1n) is 5.33. The number of thiocarbonyl (C=S) groups is 1. The molecular formula is C12H14ClFN2OS. The molecular weight excluding hydrogens is 275 g/mol. The highest BCUT2D eigenvalue weighted by Gasteiger charge is 2.20. The van der Waals surface area contributed by atoms with Gasteiger partial charge in [0, 0.05) is 19.5 Å². The summed E-state index contributed by atoms with van der Waals surface area (Å²) in [5.41, 5.74) is 5.70. The molecule has 1 rings (SSSR count). The van der Waals surface area contributed by atoms with Crippen molar-refractivity contribution in [2.24, 2.45) is 5.73 Å². The third-order valence-corrected chi connectivity index (χ3v) is 3.12. The molecule has 0 aliphatic heterocycles. The Hall–Kier alpha value is -1.20. The number of rotatable bonds is 4. The zero-order chi connectivity index (χ0) is 13.9. The Balaban J connectivity index is 2.89. The van der Waals surface area contributed by atoms with Crippen molar-refractivity contribution in [3.8, 4) is 0 Å². The van der Waals surface area contributed by atoms with E-state index in [2.05, 4.69) is 0 Å². The topological polar surface area (TPSA) is 46.3 Å².